The summed E-state index contributed by atoms with van der Waals surface area (Å²) in [4.78, 5) is 34.9. The van der Waals surface area contributed by atoms with E-state index in [0.29, 0.717) is 23.7 Å². The second kappa shape index (κ2) is 14.9. The molecular formula is C35H31ClF4N4O6S. The molecule has 0 spiro atoms. The number of benzene rings is 3. The molecule has 268 valence electrons. The monoisotopic (exact) mass is 746 g/mol. The van der Waals surface area contributed by atoms with E-state index >= 15 is 8.78 Å². The maximum atomic E-state index is 15.3. The summed E-state index contributed by atoms with van der Waals surface area (Å²) in [6, 6.07) is 10.1. The predicted octanol–water partition coefficient (Wildman–Crippen LogP) is 7.01. The van der Waals surface area contributed by atoms with Gasteiger partial charge in [-0.3, -0.25) is 19.7 Å². The molecule has 3 aromatic carbocycles. The molecule has 2 aliphatic rings. The van der Waals surface area contributed by atoms with Crippen LogP contribution in [0.3, 0.4) is 0 Å². The van der Waals surface area contributed by atoms with Gasteiger partial charge in [0.1, 0.15) is 22.9 Å². The smallest absolute Gasteiger partial charge is 0.339 e. The number of carbonyl (C=O) groups is 2. The van der Waals surface area contributed by atoms with Crippen molar-refractivity contribution in [2.75, 3.05) is 10.8 Å². The number of rotatable bonds is 11. The molecule has 2 fully saturated rings. The number of ether oxygens (including phenoxy) is 1. The molecule has 2 heterocycles. The van der Waals surface area contributed by atoms with Crippen molar-refractivity contribution in [2.24, 2.45) is 0 Å². The third-order valence-corrected chi connectivity index (χ3v) is 11.1. The molecule has 1 unspecified atom stereocenters. The number of halogens is 5. The van der Waals surface area contributed by atoms with Crippen LogP contribution in [0.4, 0.5) is 23.2 Å². The van der Waals surface area contributed by atoms with Gasteiger partial charge >= 0.3 is 5.97 Å². The second-order valence-corrected chi connectivity index (χ2v) is 14.4. The molecule has 4 aromatic rings. The molecule has 0 bridgehead atoms. The molecule has 1 aliphatic heterocycles. The van der Waals surface area contributed by atoms with E-state index in [9.17, 15) is 31.9 Å². The predicted molar refractivity (Wildman–Crippen MR) is 177 cm³/mol. The number of nitrogens with zero attached hydrogens (tertiary/aromatic N) is 4. The van der Waals surface area contributed by atoms with Crippen LogP contribution in [0, 0.1) is 23.3 Å². The lowest BCUT2D eigenvalue weighted by Gasteiger charge is -2.41. The summed E-state index contributed by atoms with van der Waals surface area (Å²) in [5.74, 6) is -11.9. The molecule has 10 nitrogen and oxygen atoms in total. The van der Waals surface area contributed by atoms with Crippen LogP contribution in [0.2, 0.25) is 5.02 Å². The van der Waals surface area contributed by atoms with Gasteiger partial charge in [-0.1, -0.05) is 61.2 Å². The summed E-state index contributed by atoms with van der Waals surface area (Å²) in [5.41, 5.74) is 0.939. The van der Waals surface area contributed by atoms with Crippen LogP contribution >= 0.6 is 11.6 Å². The highest BCUT2D eigenvalue weighted by atomic mass is 35.5. The first-order valence-corrected chi connectivity index (χ1v) is 17.9. The van der Waals surface area contributed by atoms with Crippen molar-refractivity contribution < 1.29 is 45.4 Å². The minimum atomic E-state index is -5.74. The first kappa shape index (κ1) is 36.2. The van der Waals surface area contributed by atoms with Gasteiger partial charge in [-0.25, -0.2) is 35.1 Å². The molecule has 1 amide bonds. The van der Waals surface area contributed by atoms with Crippen molar-refractivity contribution in [3.05, 3.63) is 112 Å². The number of amides is 1. The van der Waals surface area contributed by atoms with E-state index in [2.05, 4.69) is 9.97 Å². The fraction of sp³-hybridized carbons (Fsp3) is 0.314. The Morgan fingerprint density at radius 1 is 0.922 bits per heavy atom. The Balaban J connectivity index is 1.37. The van der Waals surface area contributed by atoms with Crippen LogP contribution in [0.5, 0.6) is 5.75 Å². The van der Waals surface area contributed by atoms with Crippen LogP contribution < -0.4 is 9.04 Å². The molecule has 1 saturated heterocycles. The SMILES string of the molecule is O=C(O)c1ccc(N(C(=O)C2CCN2Cc2cnc(C3CCCCC3)cn2)S(=O)(=O)c2c(F)c(F)c(F)c(Cl)c2F)cc1OCc1ccccc1. The van der Waals surface area contributed by atoms with Crippen molar-refractivity contribution in [1.29, 1.82) is 0 Å². The van der Waals surface area contributed by atoms with E-state index in [1.165, 1.54) is 6.42 Å². The number of aromatic nitrogens is 2. The van der Waals surface area contributed by atoms with Gasteiger partial charge < -0.3 is 9.84 Å². The van der Waals surface area contributed by atoms with Crippen LogP contribution in [0.1, 0.15) is 71.8 Å². The van der Waals surface area contributed by atoms with E-state index in [1.54, 1.807) is 47.6 Å². The maximum absolute atomic E-state index is 15.3. The number of carboxylic acid groups (broad SMARTS) is 1. The molecule has 1 N–H and O–H groups in total. The summed E-state index contributed by atoms with van der Waals surface area (Å²) in [7, 11) is -5.74. The van der Waals surface area contributed by atoms with Crippen molar-refractivity contribution in [3.63, 3.8) is 0 Å². The quantitative estimate of drug-likeness (QED) is 0.0979. The summed E-state index contributed by atoms with van der Waals surface area (Å²) >= 11 is 5.52. The lowest BCUT2D eigenvalue weighted by Crippen LogP contribution is -2.58. The van der Waals surface area contributed by atoms with Gasteiger partial charge in [0.25, 0.3) is 15.9 Å². The average molecular weight is 747 g/mol. The van der Waals surface area contributed by atoms with Gasteiger partial charge in [0.15, 0.2) is 28.2 Å². The Hall–Kier alpha value is -4.60. The highest BCUT2D eigenvalue weighted by Crippen LogP contribution is 2.38. The third kappa shape index (κ3) is 7.28. The normalized spacial score (nSPS) is 16.8. The molecule has 16 heteroatoms. The molecule has 51 heavy (non-hydrogen) atoms. The molecule has 1 aliphatic carbocycles. The largest absolute Gasteiger partial charge is 0.488 e. The number of aromatic carboxylic acids is 1. The van der Waals surface area contributed by atoms with Gasteiger partial charge in [-0.2, -0.15) is 0 Å². The summed E-state index contributed by atoms with van der Waals surface area (Å²) < 4.78 is 93.1. The lowest BCUT2D eigenvalue weighted by atomic mass is 9.87. The topological polar surface area (TPSA) is 130 Å². The molecule has 0 radical (unpaired) electrons. The molecule has 6 rings (SSSR count). The Bertz CT molecular complexity index is 2040. The van der Waals surface area contributed by atoms with Crippen molar-refractivity contribution in [2.45, 2.75) is 68.5 Å². The number of anilines is 1. The second-order valence-electron chi connectivity index (χ2n) is 12.3. The number of hydrogen-bond donors (Lipinski definition) is 1. The molecule has 1 aromatic heterocycles. The van der Waals surface area contributed by atoms with Crippen LogP contribution in [0.15, 0.2) is 65.8 Å². The van der Waals surface area contributed by atoms with Crippen molar-refractivity contribution >= 4 is 39.2 Å². The lowest BCUT2D eigenvalue weighted by molar-refractivity contribution is -0.127. The van der Waals surface area contributed by atoms with E-state index in [4.69, 9.17) is 16.3 Å². The number of carbonyl (C=O) groups excluding carboxylic acids is 1. The highest BCUT2D eigenvalue weighted by molar-refractivity contribution is 7.93. The first-order chi connectivity index (χ1) is 24.4. The fourth-order valence-corrected chi connectivity index (χ4v) is 8.07. The highest BCUT2D eigenvalue weighted by Gasteiger charge is 2.45. The standard InChI is InChI=1S/C35H31ClF4N4O6S/c36-28-29(37)31(39)32(40)33(30(28)38)51(48,49)44(23-11-12-24(35(46)47)27(15-23)50-19-20-7-3-1-4-8-20)34(45)26-13-14-43(26)18-22-16-42-25(17-41-22)21-9-5-2-6-10-21/h1,3-4,7-8,11-12,15-17,21,26H,2,5-6,9-10,13-14,18-19H2,(H,46,47). The van der Waals surface area contributed by atoms with Gasteiger partial charge in [0.05, 0.1) is 29.3 Å². The summed E-state index contributed by atoms with van der Waals surface area (Å²) in [6.45, 7) is 0.190. The zero-order chi connectivity index (χ0) is 36.4. The van der Waals surface area contributed by atoms with Crippen molar-refractivity contribution in [1.82, 2.24) is 14.9 Å². The van der Waals surface area contributed by atoms with E-state index in [-0.39, 0.29) is 29.6 Å². The van der Waals surface area contributed by atoms with Gasteiger partial charge in [0.2, 0.25) is 0 Å². The van der Waals surface area contributed by atoms with Crippen LogP contribution in [-0.4, -0.2) is 52.9 Å². The minimum Gasteiger partial charge on any atom is -0.488 e. The Labute approximate surface area is 295 Å². The molecule has 1 atom stereocenters. The summed E-state index contributed by atoms with van der Waals surface area (Å²) in [5, 5.41) is 8.17. The average Bonchev–Trinajstić information content (AvgIpc) is 3.11. The fourth-order valence-electron chi connectivity index (χ4n) is 6.26. The number of carboxylic acids is 1. The third-order valence-electron chi connectivity index (χ3n) is 9.06. The Morgan fingerprint density at radius 2 is 1.65 bits per heavy atom. The molecular weight excluding hydrogens is 716 g/mol. The van der Waals surface area contributed by atoms with E-state index < -0.39 is 72.4 Å². The Morgan fingerprint density at radius 3 is 2.27 bits per heavy atom. The van der Waals surface area contributed by atoms with E-state index in [1.807, 2.05) is 0 Å². The van der Waals surface area contributed by atoms with Gasteiger partial charge in [0, 0.05) is 31.3 Å². The molecule has 1 saturated carbocycles. The summed E-state index contributed by atoms with van der Waals surface area (Å²) in [6.07, 6.45) is 8.77. The van der Waals surface area contributed by atoms with Gasteiger partial charge in [-0.05, 0) is 37.0 Å². The van der Waals surface area contributed by atoms with Crippen molar-refractivity contribution in [3.8, 4) is 5.75 Å². The zero-order valence-electron chi connectivity index (χ0n) is 26.9. The van der Waals surface area contributed by atoms with Gasteiger partial charge in [-0.15, -0.1) is 0 Å². The van der Waals surface area contributed by atoms with Crippen LogP contribution in [-0.2, 0) is 28.0 Å². The van der Waals surface area contributed by atoms with Crippen LogP contribution in [0.25, 0.3) is 0 Å². The maximum Gasteiger partial charge on any atom is 0.339 e. The minimum absolute atomic E-state index is 0.0256. The van der Waals surface area contributed by atoms with E-state index in [0.717, 1.165) is 49.6 Å². The number of hydrogen-bond acceptors (Lipinski definition) is 8. The number of likely N-dealkylation sites (tertiary alicyclic amines) is 1. The Kier molecular flexibility index (Phi) is 10.6. The number of sulfonamides is 1. The zero-order valence-corrected chi connectivity index (χ0v) is 28.4. The first-order valence-electron chi connectivity index (χ1n) is 16.1.